The molecule has 2 heterocycles. The monoisotopic (exact) mass is 552 g/mol. The van der Waals surface area contributed by atoms with Crippen molar-refractivity contribution in [1.82, 2.24) is 19.3 Å². The van der Waals surface area contributed by atoms with Crippen molar-refractivity contribution in [1.29, 1.82) is 0 Å². The van der Waals surface area contributed by atoms with Crippen LogP contribution in [0.15, 0.2) is 59.5 Å². The molecule has 1 aliphatic rings. The van der Waals surface area contributed by atoms with Crippen molar-refractivity contribution in [2.75, 3.05) is 6.61 Å². The molecule has 1 aliphatic carbocycles. The molecule has 0 saturated heterocycles. The fourth-order valence-corrected chi connectivity index (χ4v) is 5.88. The summed E-state index contributed by atoms with van der Waals surface area (Å²) in [5.74, 6) is 1.22. The maximum atomic E-state index is 12.9. The lowest BCUT2D eigenvalue weighted by Gasteiger charge is -2.13. The van der Waals surface area contributed by atoms with Gasteiger partial charge in [0, 0.05) is 5.02 Å². The molecular formula is C28H29ClN4O4S. The Morgan fingerprint density at radius 3 is 2.50 bits per heavy atom. The Kier molecular flexibility index (Phi) is 7.40. The number of nitrogens with one attached hydrogen (secondary N) is 1. The van der Waals surface area contributed by atoms with E-state index < -0.39 is 15.9 Å². The number of rotatable bonds is 8. The number of carbonyl (C=O) groups is 1. The largest absolute Gasteiger partial charge is 0.493 e. The normalized spacial score (nSPS) is 14.2. The zero-order valence-corrected chi connectivity index (χ0v) is 22.8. The molecule has 0 bridgehead atoms. The molecule has 198 valence electrons. The van der Waals surface area contributed by atoms with Gasteiger partial charge in [0.1, 0.15) is 22.8 Å². The smallest absolute Gasteiger partial charge is 0.283 e. The van der Waals surface area contributed by atoms with Gasteiger partial charge >= 0.3 is 0 Å². The predicted octanol–water partition coefficient (Wildman–Crippen LogP) is 5.44. The zero-order valence-electron chi connectivity index (χ0n) is 21.3. The molecule has 1 amide bonds. The van der Waals surface area contributed by atoms with Gasteiger partial charge in [-0.15, -0.1) is 0 Å². The van der Waals surface area contributed by atoms with Crippen LogP contribution in [0.1, 0.15) is 53.1 Å². The third-order valence-electron chi connectivity index (χ3n) is 6.89. The lowest BCUT2D eigenvalue weighted by molar-refractivity contribution is 0.0977. The Balaban J connectivity index is 1.35. The topological polar surface area (TPSA) is 103 Å². The molecule has 1 saturated carbocycles. The van der Waals surface area contributed by atoms with Gasteiger partial charge in [-0.25, -0.2) is 23.1 Å². The molecule has 0 spiro atoms. The van der Waals surface area contributed by atoms with Gasteiger partial charge in [0.2, 0.25) is 0 Å². The predicted molar refractivity (Wildman–Crippen MR) is 146 cm³/mol. The van der Waals surface area contributed by atoms with Crippen molar-refractivity contribution in [3.63, 3.8) is 0 Å². The number of hydrogen-bond acceptors (Lipinski definition) is 6. The van der Waals surface area contributed by atoms with E-state index in [-0.39, 0.29) is 10.6 Å². The number of sulfonamides is 1. The Hall–Kier alpha value is -3.43. The van der Waals surface area contributed by atoms with Gasteiger partial charge in [-0.05, 0) is 74.6 Å². The Morgan fingerprint density at radius 2 is 1.79 bits per heavy atom. The van der Waals surface area contributed by atoms with Crippen molar-refractivity contribution in [3.05, 3.63) is 82.3 Å². The molecule has 0 aliphatic heterocycles. The summed E-state index contributed by atoms with van der Waals surface area (Å²) in [5, 5.41) is 0.563. The minimum absolute atomic E-state index is 0.00345. The number of carbonyl (C=O) groups excluding carboxylic acids is 1. The van der Waals surface area contributed by atoms with Crippen molar-refractivity contribution < 1.29 is 17.9 Å². The van der Waals surface area contributed by atoms with Gasteiger partial charge in [0.15, 0.2) is 5.65 Å². The summed E-state index contributed by atoms with van der Waals surface area (Å²) in [6.07, 6.45) is 4.96. The SMILES string of the molecule is Cc1ccc(S(=O)(=O)NC(=O)c2ccc3nc(C)n(Cc4ccc(OCC5CCCC5)cc4Cl)c3n2)cc1. The first-order chi connectivity index (χ1) is 18.2. The maximum absolute atomic E-state index is 12.9. The molecule has 2 aromatic heterocycles. The zero-order chi connectivity index (χ0) is 26.9. The Morgan fingerprint density at radius 1 is 1.05 bits per heavy atom. The summed E-state index contributed by atoms with van der Waals surface area (Å²) >= 11 is 6.60. The highest BCUT2D eigenvalue weighted by Crippen LogP contribution is 2.28. The standard InChI is InChI=1S/C28H29ClN4O4S/c1-18-7-11-23(12-8-18)38(35,36)32-28(34)26-14-13-25-27(31-26)33(19(2)30-25)16-21-9-10-22(15-24(21)29)37-17-20-5-3-4-6-20/h7-15,20H,3-6,16-17H2,1-2H3,(H,32,34). The third kappa shape index (κ3) is 5.68. The van der Waals surface area contributed by atoms with Crippen LogP contribution >= 0.6 is 11.6 Å². The van der Waals surface area contributed by atoms with E-state index in [1.807, 2.05) is 36.6 Å². The number of ether oxygens (including phenoxy) is 1. The van der Waals surface area contributed by atoms with Gasteiger partial charge < -0.3 is 9.30 Å². The number of hydrogen-bond donors (Lipinski definition) is 1. The first kappa shape index (κ1) is 26.2. The lowest BCUT2D eigenvalue weighted by atomic mass is 10.1. The third-order valence-corrected chi connectivity index (χ3v) is 8.59. The molecule has 8 nitrogen and oxygen atoms in total. The molecule has 10 heteroatoms. The van der Waals surface area contributed by atoms with Crippen LogP contribution in [0, 0.1) is 19.8 Å². The number of amides is 1. The summed E-state index contributed by atoms with van der Waals surface area (Å²) in [5.41, 5.74) is 2.78. The molecule has 0 radical (unpaired) electrons. The van der Waals surface area contributed by atoms with E-state index in [2.05, 4.69) is 14.7 Å². The number of imidazole rings is 1. The van der Waals surface area contributed by atoms with Crippen LogP contribution in [0.5, 0.6) is 5.75 Å². The van der Waals surface area contributed by atoms with E-state index in [9.17, 15) is 13.2 Å². The number of halogens is 1. The maximum Gasteiger partial charge on any atom is 0.283 e. The number of aromatic nitrogens is 3. The number of fused-ring (bicyclic) bond motifs is 1. The first-order valence-corrected chi connectivity index (χ1v) is 14.4. The number of aryl methyl sites for hydroxylation is 2. The molecule has 1 fully saturated rings. The minimum atomic E-state index is -4.04. The van der Waals surface area contributed by atoms with Gasteiger partial charge in [-0.3, -0.25) is 4.79 Å². The fourth-order valence-electron chi connectivity index (χ4n) is 4.69. The number of pyridine rings is 1. The van der Waals surface area contributed by atoms with Crippen LogP contribution in [0.2, 0.25) is 5.02 Å². The summed E-state index contributed by atoms with van der Waals surface area (Å²) in [6.45, 7) is 4.78. The molecule has 38 heavy (non-hydrogen) atoms. The van der Waals surface area contributed by atoms with Gasteiger partial charge in [0.25, 0.3) is 15.9 Å². The number of nitrogens with zero attached hydrogens (tertiary/aromatic N) is 3. The van der Waals surface area contributed by atoms with E-state index in [0.717, 1.165) is 16.9 Å². The number of benzene rings is 2. The van der Waals surface area contributed by atoms with Crippen LogP contribution in [0.4, 0.5) is 0 Å². The molecule has 2 aromatic carbocycles. The van der Waals surface area contributed by atoms with Gasteiger partial charge in [-0.2, -0.15) is 0 Å². The Labute approximate surface area is 227 Å². The summed E-state index contributed by atoms with van der Waals surface area (Å²) in [6, 6.07) is 15.0. The fraction of sp³-hybridized carbons (Fsp3) is 0.321. The highest BCUT2D eigenvalue weighted by molar-refractivity contribution is 7.90. The first-order valence-electron chi connectivity index (χ1n) is 12.6. The van der Waals surface area contributed by atoms with E-state index in [4.69, 9.17) is 16.3 Å². The van der Waals surface area contributed by atoms with Crippen molar-refractivity contribution in [2.24, 2.45) is 5.92 Å². The van der Waals surface area contributed by atoms with Crippen LogP contribution in [0.3, 0.4) is 0 Å². The van der Waals surface area contributed by atoms with E-state index >= 15 is 0 Å². The lowest BCUT2D eigenvalue weighted by Crippen LogP contribution is -2.31. The molecule has 0 atom stereocenters. The van der Waals surface area contributed by atoms with Crippen LogP contribution in [-0.4, -0.2) is 35.5 Å². The summed E-state index contributed by atoms with van der Waals surface area (Å²) < 4.78 is 35.3. The van der Waals surface area contributed by atoms with Crippen molar-refractivity contribution in [2.45, 2.75) is 51.0 Å². The molecule has 0 unspecified atom stereocenters. The molecular weight excluding hydrogens is 524 g/mol. The van der Waals surface area contributed by atoms with Crippen molar-refractivity contribution >= 4 is 38.7 Å². The summed E-state index contributed by atoms with van der Waals surface area (Å²) in [7, 11) is -4.04. The average molecular weight is 553 g/mol. The second kappa shape index (κ2) is 10.7. The summed E-state index contributed by atoms with van der Waals surface area (Å²) in [4.78, 5) is 21.9. The van der Waals surface area contributed by atoms with E-state index in [1.165, 1.54) is 43.9 Å². The van der Waals surface area contributed by atoms with Crippen molar-refractivity contribution in [3.8, 4) is 5.75 Å². The molecule has 5 rings (SSSR count). The van der Waals surface area contributed by atoms with E-state index in [1.54, 1.807) is 18.2 Å². The van der Waals surface area contributed by atoms with Crippen LogP contribution in [-0.2, 0) is 16.6 Å². The van der Waals surface area contributed by atoms with E-state index in [0.29, 0.717) is 41.1 Å². The Bertz CT molecular complexity index is 1590. The average Bonchev–Trinajstić information content (AvgIpc) is 3.51. The second-order valence-electron chi connectivity index (χ2n) is 9.75. The van der Waals surface area contributed by atoms with Gasteiger partial charge in [0.05, 0.1) is 18.0 Å². The second-order valence-corrected chi connectivity index (χ2v) is 11.8. The van der Waals surface area contributed by atoms with Crippen LogP contribution < -0.4 is 9.46 Å². The minimum Gasteiger partial charge on any atom is -0.493 e. The highest BCUT2D eigenvalue weighted by atomic mass is 35.5. The highest BCUT2D eigenvalue weighted by Gasteiger charge is 2.21. The van der Waals surface area contributed by atoms with Gasteiger partial charge in [-0.1, -0.05) is 48.2 Å². The quantitative estimate of drug-likeness (QED) is 0.312. The van der Waals surface area contributed by atoms with Crippen LogP contribution in [0.25, 0.3) is 11.2 Å². The molecule has 4 aromatic rings. The molecule has 1 N–H and O–H groups in total.